The number of esters is 1. The average Bonchev–Trinajstić information content (AvgIpc) is 2.05. The summed E-state index contributed by atoms with van der Waals surface area (Å²) >= 11 is 0. The van der Waals surface area contributed by atoms with Crippen LogP contribution in [0.2, 0.25) is 0 Å². The largest absolute Gasteiger partial charge is 0.463 e. The first-order valence-corrected chi connectivity index (χ1v) is 4.35. The maximum atomic E-state index is 10.7. The average molecular weight is 171 g/mol. The summed E-state index contributed by atoms with van der Waals surface area (Å²) in [6.07, 6.45) is 4.33. The van der Waals surface area contributed by atoms with Gasteiger partial charge in [0, 0.05) is 12.6 Å². The van der Waals surface area contributed by atoms with Crippen LogP contribution in [-0.2, 0) is 9.53 Å². The lowest BCUT2D eigenvalue weighted by Crippen LogP contribution is -2.14. The van der Waals surface area contributed by atoms with E-state index in [9.17, 15) is 4.79 Å². The molecule has 0 rings (SSSR count). The van der Waals surface area contributed by atoms with Crippen LogP contribution in [0.5, 0.6) is 0 Å². The molecule has 70 valence electrons. The van der Waals surface area contributed by atoms with Gasteiger partial charge < -0.3 is 10.1 Å². The maximum absolute atomic E-state index is 10.7. The summed E-state index contributed by atoms with van der Waals surface area (Å²) in [7, 11) is 0. The fourth-order valence-electron chi connectivity index (χ4n) is 0.708. The Morgan fingerprint density at radius 1 is 1.50 bits per heavy atom. The van der Waals surface area contributed by atoms with E-state index in [0.717, 1.165) is 19.5 Å². The van der Waals surface area contributed by atoms with Crippen molar-refractivity contribution in [2.24, 2.45) is 0 Å². The molecular formula is C9H17NO2. The predicted molar refractivity (Wildman–Crippen MR) is 48.9 cm³/mol. The van der Waals surface area contributed by atoms with Crippen molar-refractivity contribution < 1.29 is 9.53 Å². The molecule has 0 heterocycles. The van der Waals surface area contributed by atoms with Crippen molar-refractivity contribution in [2.75, 3.05) is 19.7 Å². The monoisotopic (exact) mass is 171 g/mol. The SMILES string of the molecule is CCCNCC=CC(=O)OCC. The Balaban J connectivity index is 3.29. The van der Waals surface area contributed by atoms with Gasteiger partial charge in [-0.25, -0.2) is 4.79 Å². The first kappa shape index (κ1) is 11.2. The lowest BCUT2D eigenvalue weighted by Gasteiger charge is -1.96. The van der Waals surface area contributed by atoms with Crippen molar-refractivity contribution in [3.63, 3.8) is 0 Å². The summed E-state index contributed by atoms with van der Waals surface area (Å²) in [5.74, 6) is -0.268. The summed E-state index contributed by atoms with van der Waals surface area (Å²) in [6, 6.07) is 0. The van der Waals surface area contributed by atoms with Crippen LogP contribution in [0.3, 0.4) is 0 Å². The molecule has 0 bridgehead atoms. The van der Waals surface area contributed by atoms with Gasteiger partial charge in [-0.2, -0.15) is 0 Å². The molecule has 0 atom stereocenters. The van der Waals surface area contributed by atoms with E-state index in [-0.39, 0.29) is 5.97 Å². The van der Waals surface area contributed by atoms with E-state index in [1.807, 2.05) is 0 Å². The third kappa shape index (κ3) is 7.28. The van der Waals surface area contributed by atoms with Crippen LogP contribution in [0.25, 0.3) is 0 Å². The van der Waals surface area contributed by atoms with Crippen LogP contribution in [0.1, 0.15) is 20.3 Å². The molecule has 0 aromatic heterocycles. The van der Waals surface area contributed by atoms with E-state index in [1.165, 1.54) is 6.08 Å². The van der Waals surface area contributed by atoms with Crippen LogP contribution >= 0.6 is 0 Å². The van der Waals surface area contributed by atoms with Gasteiger partial charge in [-0.3, -0.25) is 0 Å². The van der Waals surface area contributed by atoms with Crippen molar-refractivity contribution in [3.8, 4) is 0 Å². The minimum absolute atomic E-state index is 0.268. The first-order valence-electron chi connectivity index (χ1n) is 4.35. The minimum atomic E-state index is -0.268. The number of carbonyl (C=O) groups excluding carboxylic acids is 1. The fourth-order valence-corrected chi connectivity index (χ4v) is 0.708. The topological polar surface area (TPSA) is 38.3 Å². The molecule has 0 spiro atoms. The molecule has 0 aromatic carbocycles. The summed E-state index contributed by atoms with van der Waals surface area (Å²) in [5, 5.41) is 3.14. The van der Waals surface area contributed by atoms with Gasteiger partial charge in [0.2, 0.25) is 0 Å². The number of carbonyl (C=O) groups is 1. The van der Waals surface area contributed by atoms with Gasteiger partial charge in [-0.1, -0.05) is 13.0 Å². The smallest absolute Gasteiger partial charge is 0.330 e. The summed E-state index contributed by atoms with van der Waals surface area (Å²) in [5.41, 5.74) is 0. The number of hydrogen-bond donors (Lipinski definition) is 1. The van der Waals surface area contributed by atoms with Gasteiger partial charge in [-0.05, 0) is 19.9 Å². The highest BCUT2D eigenvalue weighted by Gasteiger charge is 1.90. The zero-order valence-electron chi connectivity index (χ0n) is 7.80. The molecule has 0 amide bonds. The van der Waals surface area contributed by atoms with Crippen LogP contribution in [0.4, 0.5) is 0 Å². The highest BCUT2D eigenvalue weighted by Crippen LogP contribution is 1.80. The third-order valence-electron chi connectivity index (χ3n) is 1.23. The standard InChI is InChI=1S/C9H17NO2/c1-3-7-10-8-5-6-9(11)12-4-2/h5-6,10H,3-4,7-8H2,1-2H3. The maximum Gasteiger partial charge on any atom is 0.330 e. The molecule has 0 aliphatic rings. The van der Waals surface area contributed by atoms with E-state index in [0.29, 0.717) is 6.61 Å². The first-order chi connectivity index (χ1) is 5.81. The molecule has 0 saturated carbocycles. The number of hydrogen-bond acceptors (Lipinski definition) is 3. The van der Waals surface area contributed by atoms with Crippen LogP contribution < -0.4 is 5.32 Å². The second-order valence-corrected chi connectivity index (χ2v) is 2.36. The van der Waals surface area contributed by atoms with Crippen molar-refractivity contribution in [3.05, 3.63) is 12.2 Å². The zero-order valence-corrected chi connectivity index (χ0v) is 7.80. The minimum Gasteiger partial charge on any atom is -0.463 e. The van der Waals surface area contributed by atoms with Gasteiger partial charge >= 0.3 is 5.97 Å². The number of ether oxygens (including phenoxy) is 1. The second kappa shape index (κ2) is 8.27. The van der Waals surface area contributed by atoms with Crippen LogP contribution in [0.15, 0.2) is 12.2 Å². The predicted octanol–water partition coefficient (Wildman–Crippen LogP) is 1.11. The van der Waals surface area contributed by atoms with E-state index >= 15 is 0 Å². The Morgan fingerprint density at radius 3 is 2.83 bits per heavy atom. The molecular weight excluding hydrogens is 154 g/mol. The van der Waals surface area contributed by atoms with Gasteiger partial charge in [-0.15, -0.1) is 0 Å². The van der Waals surface area contributed by atoms with Crippen molar-refractivity contribution in [1.82, 2.24) is 5.32 Å². The Labute approximate surface area is 73.8 Å². The zero-order chi connectivity index (χ0) is 9.23. The molecule has 3 nitrogen and oxygen atoms in total. The van der Waals surface area contributed by atoms with Crippen molar-refractivity contribution in [2.45, 2.75) is 20.3 Å². The molecule has 0 saturated heterocycles. The van der Waals surface area contributed by atoms with E-state index in [4.69, 9.17) is 4.74 Å². The summed E-state index contributed by atoms with van der Waals surface area (Å²) in [6.45, 7) is 6.04. The van der Waals surface area contributed by atoms with E-state index in [2.05, 4.69) is 12.2 Å². The molecule has 0 radical (unpaired) electrons. The van der Waals surface area contributed by atoms with Gasteiger partial charge in [0.25, 0.3) is 0 Å². The number of rotatable bonds is 6. The molecule has 1 N–H and O–H groups in total. The van der Waals surface area contributed by atoms with Gasteiger partial charge in [0.1, 0.15) is 0 Å². The lowest BCUT2D eigenvalue weighted by atomic mass is 10.4. The van der Waals surface area contributed by atoms with E-state index in [1.54, 1.807) is 13.0 Å². The number of nitrogens with one attached hydrogen (secondary N) is 1. The quantitative estimate of drug-likeness (QED) is 0.369. The second-order valence-electron chi connectivity index (χ2n) is 2.36. The highest BCUT2D eigenvalue weighted by molar-refractivity contribution is 5.81. The lowest BCUT2D eigenvalue weighted by molar-refractivity contribution is -0.137. The van der Waals surface area contributed by atoms with Crippen LogP contribution in [-0.4, -0.2) is 25.7 Å². The highest BCUT2D eigenvalue weighted by atomic mass is 16.5. The Morgan fingerprint density at radius 2 is 2.25 bits per heavy atom. The molecule has 3 heteroatoms. The summed E-state index contributed by atoms with van der Waals surface area (Å²) < 4.78 is 4.69. The molecule has 0 unspecified atom stereocenters. The molecule has 12 heavy (non-hydrogen) atoms. The van der Waals surface area contributed by atoms with Crippen molar-refractivity contribution >= 4 is 5.97 Å². The third-order valence-corrected chi connectivity index (χ3v) is 1.23. The molecule has 0 fully saturated rings. The summed E-state index contributed by atoms with van der Waals surface area (Å²) in [4.78, 5) is 10.7. The Bertz CT molecular complexity index is 143. The molecule has 0 aliphatic carbocycles. The fraction of sp³-hybridized carbons (Fsp3) is 0.667. The Hall–Kier alpha value is -0.830. The molecule has 0 aliphatic heterocycles. The van der Waals surface area contributed by atoms with Crippen molar-refractivity contribution in [1.29, 1.82) is 0 Å². The molecule has 0 aromatic rings. The van der Waals surface area contributed by atoms with Gasteiger partial charge in [0.05, 0.1) is 6.61 Å². The van der Waals surface area contributed by atoms with Gasteiger partial charge in [0.15, 0.2) is 0 Å². The normalized spacial score (nSPS) is 10.5. The van der Waals surface area contributed by atoms with E-state index < -0.39 is 0 Å². The Kier molecular flexibility index (Phi) is 7.70. The van der Waals surface area contributed by atoms with Crippen LogP contribution in [0, 0.1) is 0 Å².